The maximum absolute atomic E-state index is 9.11. The zero-order valence-corrected chi connectivity index (χ0v) is 15.4. The highest BCUT2D eigenvalue weighted by atomic mass is 16.5. The summed E-state index contributed by atoms with van der Waals surface area (Å²) >= 11 is 0. The Hall–Kier alpha value is -1.85. The molecule has 0 bridgehead atoms. The van der Waals surface area contributed by atoms with Gasteiger partial charge in [0.05, 0.1) is 26.0 Å². The van der Waals surface area contributed by atoms with Gasteiger partial charge in [0.15, 0.2) is 0 Å². The molecule has 0 amide bonds. The molecule has 0 spiro atoms. The molecule has 0 fully saturated rings. The molecule has 0 saturated heterocycles. The van der Waals surface area contributed by atoms with E-state index in [2.05, 4.69) is 43.3 Å². The second kappa shape index (κ2) is 7.81. The van der Waals surface area contributed by atoms with E-state index < -0.39 is 0 Å². The second-order valence-corrected chi connectivity index (χ2v) is 6.82. The minimum absolute atomic E-state index is 0.00254. The van der Waals surface area contributed by atoms with Crippen molar-refractivity contribution >= 4 is 0 Å². The van der Waals surface area contributed by atoms with Gasteiger partial charge in [-0.1, -0.05) is 26.0 Å². The lowest BCUT2D eigenvalue weighted by Gasteiger charge is -2.26. The average molecular weight is 331 g/mol. The van der Waals surface area contributed by atoms with Gasteiger partial charge in [-0.2, -0.15) is 5.10 Å². The van der Waals surface area contributed by atoms with Crippen molar-refractivity contribution in [3.63, 3.8) is 0 Å². The van der Waals surface area contributed by atoms with Crippen molar-refractivity contribution in [1.82, 2.24) is 15.1 Å². The Kier molecular flexibility index (Phi) is 6.02. The van der Waals surface area contributed by atoms with Crippen LogP contribution in [0, 0.1) is 13.8 Å². The lowest BCUT2D eigenvalue weighted by atomic mass is 9.84. The van der Waals surface area contributed by atoms with E-state index in [4.69, 9.17) is 9.84 Å². The van der Waals surface area contributed by atoms with E-state index >= 15 is 0 Å². The number of aliphatic hydroxyl groups is 1. The molecule has 0 saturated carbocycles. The lowest BCUT2D eigenvalue weighted by molar-refractivity contribution is 0.267. The predicted octanol–water partition coefficient (Wildman–Crippen LogP) is 2.57. The fraction of sp³-hybridized carbons (Fsp3) is 0.526. The molecular formula is C19H29N3O2. The Morgan fingerprint density at radius 1 is 1.29 bits per heavy atom. The van der Waals surface area contributed by atoms with Gasteiger partial charge in [0.1, 0.15) is 5.75 Å². The highest BCUT2D eigenvalue weighted by Gasteiger charge is 2.21. The third-order valence-electron chi connectivity index (χ3n) is 4.56. The van der Waals surface area contributed by atoms with E-state index in [1.54, 1.807) is 7.11 Å². The molecule has 2 N–H and O–H groups in total. The van der Waals surface area contributed by atoms with Crippen LogP contribution in [0.15, 0.2) is 24.3 Å². The molecule has 132 valence electrons. The number of methoxy groups -OCH3 is 1. The van der Waals surface area contributed by atoms with Crippen LogP contribution in [0.25, 0.3) is 0 Å². The molecule has 1 aromatic carbocycles. The van der Waals surface area contributed by atoms with Crippen LogP contribution in [-0.4, -0.2) is 35.1 Å². The summed E-state index contributed by atoms with van der Waals surface area (Å²) in [5.74, 6) is 0.887. The van der Waals surface area contributed by atoms with Crippen molar-refractivity contribution in [3.05, 3.63) is 46.8 Å². The Morgan fingerprint density at radius 2 is 2.04 bits per heavy atom. The molecule has 0 unspecified atom stereocenters. The monoisotopic (exact) mass is 331 g/mol. The van der Waals surface area contributed by atoms with Crippen LogP contribution in [0.2, 0.25) is 0 Å². The lowest BCUT2D eigenvalue weighted by Crippen LogP contribution is -2.32. The zero-order valence-electron chi connectivity index (χ0n) is 15.4. The molecule has 24 heavy (non-hydrogen) atoms. The Morgan fingerprint density at radius 3 is 2.71 bits per heavy atom. The predicted molar refractivity (Wildman–Crippen MR) is 96.5 cm³/mol. The number of aliphatic hydroxyl groups excluding tert-OH is 1. The topological polar surface area (TPSA) is 59.3 Å². The minimum atomic E-state index is -0.00254. The first-order valence-electron chi connectivity index (χ1n) is 8.38. The standard InChI is InChI=1S/C19H29N3O2/c1-14-18(15(2)22(21-14)9-10-23)12-20-13-19(3,4)16-7-6-8-17(11-16)24-5/h6-8,11,20,23H,9-10,12-13H2,1-5H3. The summed E-state index contributed by atoms with van der Waals surface area (Å²) in [4.78, 5) is 0. The maximum Gasteiger partial charge on any atom is 0.119 e. The van der Waals surface area contributed by atoms with Crippen molar-refractivity contribution in [3.8, 4) is 5.75 Å². The first-order chi connectivity index (χ1) is 11.4. The van der Waals surface area contributed by atoms with E-state index in [9.17, 15) is 0 Å². The van der Waals surface area contributed by atoms with E-state index in [0.717, 1.165) is 30.2 Å². The quantitative estimate of drug-likeness (QED) is 0.780. The molecule has 0 atom stereocenters. The molecule has 5 nitrogen and oxygen atoms in total. The first-order valence-corrected chi connectivity index (χ1v) is 8.38. The van der Waals surface area contributed by atoms with Gasteiger partial charge in [-0.05, 0) is 31.5 Å². The number of rotatable bonds is 8. The Bertz CT molecular complexity index is 677. The van der Waals surface area contributed by atoms with Crippen LogP contribution in [0.3, 0.4) is 0 Å². The smallest absolute Gasteiger partial charge is 0.119 e. The highest BCUT2D eigenvalue weighted by Crippen LogP contribution is 2.26. The number of hydrogen-bond acceptors (Lipinski definition) is 4. The molecule has 5 heteroatoms. The number of nitrogens with zero attached hydrogens (tertiary/aromatic N) is 2. The molecule has 2 rings (SSSR count). The van der Waals surface area contributed by atoms with Crippen molar-refractivity contribution in [1.29, 1.82) is 0 Å². The Balaban J connectivity index is 2.02. The van der Waals surface area contributed by atoms with Gasteiger partial charge < -0.3 is 15.2 Å². The molecule has 0 aliphatic rings. The summed E-state index contributed by atoms with van der Waals surface area (Å²) < 4.78 is 7.20. The molecule has 1 aromatic heterocycles. The second-order valence-electron chi connectivity index (χ2n) is 6.82. The molecule has 0 aliphatic heterocycles. The van der Waals surface area contributed by atoms with Crippen LogP contribution in [0.4, 0.5) is 0 Å². The van der Waals surface area contributed by atoms with Crippen LogP contribution in [0.1, 0.15) is 36.4 Å². The van der Waals surface area contributed by atoms with Gasteiger partial charge in [0.2, 0.25) is 0 Å². The van der Waals surface area contributed by atoms with E-state index in [1.807, 2.05) is 23.7 Å². The summed E-state index contributed by atoms with van der Waals surface area (Å²) in [5, 5.41) is 17.2. The molecule has 2 aromatic rings. The largest absolute Gasteiger partial charge is 0.497 e. The van der Waals surface area contributed by atoms with Crippen molar-refractivity contribution in [2.75, 3.05) is 20.3 Å². The number of hydrogen-bond donors (Lipinski definition) is 2. The normalized spacial score (nSPS) is 11.8. The highest BCUT2D eigenvalue weighted by molar-refractivity contribution is 5.33. The summed E-state index contributed by atoms with van der Waals surface area (Å²) in [5.41, 5.74) is 4.60. The van der Waals surface area contributed by atoms with Crippen molar-refractivity contribution < 1.29 is 9.84 Å². The Labute approximate surface area is 144 Å². The third kappa shape index (κ3) is 4.16. The number of aryl methyl sites for hydroxylation is 1. The summed E-state index contributed by atoms with van der Waals surface area (Å²) in [6.07, 6.45) is 0. The van der Waals surface area contributed by atoms with Gasteiger partial charge in [0, 0.05) is 29.8 Å². The fourth-order valence-corrected chi connectivity index (χ4v) is 2.95. The molecule has 1 heterocycles. The average Bonchev–Trinajstić information content (AvgIpc) is 2.82. The zero-order chi connectivity index (χ0) is 17.7. The number of benzene rings is 1. The first kappa shape index (κ1) is 18.5. The third-order valence-corrected chi connectivity index (χ3v) is 4.56. The summed E-state index contributed by atoms with van der Waals surface area (Å²) in [6.45, 7) is 10.8. The van der Waals surface area contributed by atoms with Crippen LogP contribution >= 0.6 is 0 Å². The van der Waals surface area contributed by atoms with Gasteiger partial charge >= 0.3 is 0 Å². The van der Waals surface area contributed by atoms with E-state index in [0.29, 0.717) is 6.54 Å². The molecular weight excluding hydrogens is 302 g/mol. The van der Waals surface area contributed by atoms with E-state index in [1.165, 1.54) is 11.1 Å². The van der Waals surface area contributed by atoms with Crippen LogP contribution in [0.5, 0.6) is 5.75 Å². The minimum Gasteiger partial charge on any atom is -0.497 e. The van der Waals surface area contributed by atoms with Gasteiger partial charge in [-0.3, -0.25) is 4.68 Å². The van der Waals surface area contributed by atoms with Crippen molar-refractivity contribution in [2.45, 2.75) is 46.2 Å². The molecule has 0 radical (unpaired) electrons. The van der Waals surface area contributed by atoms with Gasteiger partial charge in [-0.25, -0.2) is 0 Å². The van der Waals surface area contributed by atoms with Crippen molar-refractivity contribution in [2.24, 2.45) is 0 Å². The number of nitrogens with one attached hydrogen (secondary N) is 1. The van der Waals surface area contributed by atoms with Gasteiger partial charge in [-0.15, -0.1) is 0 Å². The van der Waals surface area contributed by atoms with Crippen LogP contribution in [-0.2, 0) is 18.5 Å². The molecule has 0 aliphatic carbocycles. The summed E-state index contributed by atoms with van der Waals surface area (Å²) in [6, 6.07) is 8.23. The van der Waals surface area contributed by atoms with E-state index in [-0.39, 0.29) is 12.0 Å². The maximum atomic E-state index is 9.11. The van der Waals surface area contributed by atoms with Crippen LogP contribution < -0.4 is 10.1 Å². The fourth-order valence-electron chi connectivity index (χ4n) is 2.95. The number of ether oxygens (including phenoxy) is 1. The SMILES string of the molecule is COc1cccc(C(C)(C)CNCc2c(C)nn(CCO)c2C)c1. The van der Waals surface area contributed by atoms with Gasteiger partial charge in [0.25, 0.3) is 0 Å². The number of aromatic nitrogens is 2. The summed E-state index contributed by atoms with van der Waals surface area (Å²) in [7, 11) is 1.69.